The molecule has 184 valence electrons. The second-order valence-corrected chi connectivity index (χ2v) is 10.3. The summed E-state index contributed by atoms with van der Waals surface area (Å²) in [5, 5.41) is 2.99. The van der Waals surface area contributed by atoms with E-state index >= 15 is 0 Å². The number of nitrogens with zero attached hydrogens (tertiary/aromatic N) is 1. The zero-order valence-corrected chi connectivity index (χ0v) is 21.9. The fourth-order valence-electron chi connectivity index (χ4n) is 4.40. The third kappa shape index (κ3) is 4.54. The number of carbonyl (C=O) groups is 1. The standard InChI is InChI=1S/C26H22BrN3O5S/c1-34-17-7-14(8-18(12-17)35-2)19-5-3-4-6-20(19)28-23(31)11-16-13-36-22-10-15(27)9-21-24(22)30(16)26(33)25(32)29-21/h3-10,12,16H,11,13H2,1-2H3,(H,28,31)(H,29,32). The van der Waals surface area contributed by atoms with Crippen LogP contribution in [0, 0.1) is 0 Å². The molecule has 1 unspecified atom stereocenters. The molecule has 4 aromatic rings. The molecule has 2 heterocycles. The number of thioether (sulfide) groups is 1. The summed E-state index contributed by atoms with van der Waals surface area (Å²) in [6.45, 7) is 0. The maximum atomic E-state index is 13.2. The maximum Gasteiger partial charge on any atom is 0.317 e. The minimum atomic E-state index is -0.707. The number of hydrogen-bond acceptors (Lipinski definition) is 6. The number of ether oxygens (including phenoxy) is 2. The molecular weight excluding hydrogens is 546 g/mol. The molecule has 5 rings (SSSR count). The van der Waals surface area contributed by atoms with Crippen molar-refractivity contribution >= 4 is 50.3 Å². The predicted octanol–water partition coefficient (Wildman–Crippen LogP) is 4.81. The van der Waals surface area contributed by atoms with Gasteiger partial charge in [0.25, 0.3) is 0 Å². The first-order valence-electron chi connectivity index (χ1n) is 11.1. The van der Waals surface area contributed by atoms with E-state index in [-0.39, 0.29) is 12.3 Å². The van der Waals surface area contributed by atoms with Crippen LogP contribution in [0.1, 0.15) is 12.5 Å². The molecule has 10 heteroatoms. The minimum Gasteiger partial charge on any atom is -0.497 e. The fourth-order valence-corrected chi connectivity index (χ4v) is 6.20. The molecule has 1 aliphatic rings. The highest BCUT2D eigenvalue weighted by molar-refractivity contribution is 9.10. The molecular formula is C26H22BrN3O5S. The number of amides is 1. The molecule has 1 aromatic heterocycles. The number of carbonyl (C=O) groups excluding carboxylic acids is 1. The number of benzene rings is 3. The van der Waals surface area contributed by atoms with Crippen LogP contribution in [0.25, 0.3) is 22.2 Å². The molecule has 0 bridgehead atoms. The average molecular weight is 568 g/mol. The lowest BCUT2D eigenvalue weighted by molar-refractivity contribution is -0.116. The van der Waals surface area contributed by atoms with Crippen molar-refractivity contribution in [2.24, 2.45) is 0 Å². The maximum absolute atomic E-state index is 13.2. The summed E-state index contributed by atoms with van der Waals surface area (Å²) in [6.07, 6.45) is 0.0384. The Bertz CT molecular complexity index is 1590. The lowest BCUT2D eigenvalue weighted by Crippen LogP contribution is -2.41. The van der Waals surface area contributed by atoms with Gasteiger partial charge in [0, 0.05) is 38.9 Å². The van der Waals surface area contributed by atoms with Crippen LogP contribution in [0.15, 0.2) is 73.6 Å². The Hall–Kier alpha value is -3.50. The van der Waals surface area contributed by atoms with Crippen LogP contribution in [0.2, 0.25) is 0 Å². The van der Waals surface area contributed by atoms with Gasteiger partial charge in [-0.25, -0.2) is 0 Å². The van der Waals surface area contributed by atoms with E-state index in [0.29, 0.717) is 34.0 Å². The number of para-hydroxylation sites is 1. The molecule has 0 radical (unpaired) electrons. The molecule has 8 nitrogen and oxygen atoms in total. The molecule has 2 N–H and O–H groups in total. The van der Waals surface area contributed by atoms with Gasteiger partial charge in [-0.2, -0.15) is 0 Å². The van der Waals surface area contributed by atoms with Crippen molar-refractivity contribution in [2.45, 2.75) is 17.4 Å². The van der Waals surface area contributed by atoms with Gasteiger partial charge in [0.05, 0.1) is 31.3 Å². The van der Waals surface area contributed by atoms with Crippen molar-refractivity contribution in [1.29, 1.82) is 0 Å². The van der Waals surface area contributed by atoms with E-state index in [2.05, 4.69) is 26.2 Å². The van der Waals surface area contributed by atoms with Gasteiger partial charge in [0.1, 0.15) is 11.5 Å². The molecule has 1 aliphatic heterocycles. The lowest BCUT2D eigenvalue weighted by Gasteiger charge is -2.27. The van der Waals surface area contributed by atoms with E-state index < -0.39 is 17.2 Å². The first-order valence-corrected chi connectivity index (χ1v) is 12.9. The molecule has 0 aliphatic carbocycles. The van der Waals surface area contributed by atoms with Crippen LogP contribution in [-0.2, 0) is 4.79 Å². The molecule has 0 saturated heterocycles. The predicted molar refractivity (Wildman–Crippen MR) is 145 cm³/mol. The van der Waals surface area contributed by atoms with Crippen molar-refractivity contribution in [2.75, 3.05) is 25.3 Å². The number of H-pyrrole nitrogens is 1. The van der Waals surface area contributed by atoms with E-state index in [9.17, 15) is 14.4 Å². The van der Waals surface area contributed by atoms with Crippen molar-refractivity contribution in [3.63, 3.8) is 0 Å². The number of rotatable bonds is 6. The molecule has 3 aromatic carbocycles. The number of hydrogen-bond donors (Lipinski definition) is 2. The zero-order chi connectivity index (χ0) is 25.4. The Balaban J connectivity index is 1.47. The van der Waals surface area contributed by atoms with Crippen molar-refractivity contribution < 1.29 is 14.3 Å². The number of aromatic amines is 1. The first kappa shape index (κ1) is 24.2. The van der Waals surface area contributed by atoms with Crippen molar-refractivity contribution in [3.05, 3.63) is 79.8 Å². The molecule has 36 heavy (non-hydrogen) atoms. The second-order valence-electron chi connectivity index (χ2n) is 8.29. The smallest absolute Gasteiger partial charge is 0.317 e. The summed E-state index contributed by atoms with van der Waals surface area (Å²) in [7, 11) is 3.16. The van der Waals surface area contributed by atoms with Gasteiger partial charge in [-0.1, -0.05) is 34.1 Å². The Morgan fingerprint density at radius 3 is 2.56 bits per heavy atom. The van der Waals surface area contributed by atoms with E-state index in [0.717, 1.165) is 20.5 Å². The van der Waals surface area contributed by atoms with Gasteiger partial charge in [-0.15, -0.1) is 11.8 Å². The largest absolute Gasteiger partial charge is 0.497 e. The van der Waals surface area contributed by atoms with Gasteiger partial charge >= 0.3 is 11.1 Å². The second kappa shape index (κ2) is 9.87. The summed E-state index contributed by atoms with van der Waals surface area (Å²) in [5.41, 5.74) is 2.07. The third-order valence-electron chi connectivity index (χ3n) is 6.02. The molecule has 1 atom stereocenters. The summed E-state index contributed by atoms with van der Waals surface area (Å²) in [6, 6.07) is 16.2. The number of methoxy groups -OCH3 is 2. The van der Waals surface area contributed by atoms with Crippen LogP contribution >= 0.6 is 27.7 Å². The summed E-state index contributed by atoms with van der Waals surface area (Å²) in [4.78, 5) is 41.9. The Labute approximate surface area is 218 Å². The van der Waals surface area contributed by atoms with E-state index in [1.54, 1.807) is 38.1 Å². The first-order chi connectivity index (χ1) is 17.4. The highest BCUT2D eigenvalue weighted by atomic mass is 79.9. The van der Waals surface area contributed by atoms with Crippen LogP contribution in [0.4, 0.5) is 5.69 Å². The Kier molecular flexibility index (Phi) is 6.63. The zero-order valence-electron chi connectivity index (χ0n) is 19.5. The number of anilines is 1. The van der Waals surface area contributed by atoms with Crippen molar-refractivity contribution in [1.82, 2.24) is 9.55 Å². The Morgan fingerprint density at radius 2 is 1.83 bits per heavy atom. The Morgan fingerprint density at radius 1 is 1.11 bits per heavy atom. The normalized spacial score (nSPS) is 14.5. The van der Waals surface area contributed by atoms with Gasteiger partial charge in [0.2, 0.25) is 5.91 Å². The van der Waals surface area contributed by atoms with E-state index in [1.807, 2.05) is 42.5 Å². The molecule has 0 saturated carbocycles. The molecule has 1 amide bonds. The lowest BCUT2D eigenvalue weighted by atomic mass is 10.0. The minimum absolute atomic E-state index is 0.0384. The summed E-state index contributed by atoms with van der Waals surface area (Å²) in [5.74, 6) is 1.49. The topological polar surface area (TPSA) is 102 Å². The number of halogens is 1. The average Bonchev–Trinajstić information content (AvgIpc) is 2.87. The van der Waals surface area contributed by atoms with Crippen LogP contribution in [0.3, 0.4) is 0 Å². The van der Waals surface area contributed by atoms with Crippen LogP contribution in [0.5, 0.6) is 11.5 Å². The highest BCUT2D eigenvalue weighted by Crippen LogP contribution is 2.38. The summed E-state index contributed by atoms with van der Waals surface area (Å²) >= 11 is 5.00. The molecule has 0 spiro atoms. The van der Waals surface area contributed by atoms with Gasteiger partial charge < -0.3 is 19.8 Å². The van der Waals surface area contributed by atoms with E-state index in [1.165, 1.54) is 4.57 Å². The number of nitrogens with one attached hydrogen (secondary N) is 2. The monoisotopic (exact) mass is 567 g/mol. The van der Waals surface area contributed by atoms with Gasteiger partial charge in [-0.3, -0.25) is 19.0 Å². The van der Waals surface area contributed by atoms with Gasteiger partial charge in [0.15, 0.2) is 0 Å². The summed E-state index contributed by atoms with van der Waals surface area (Å²) < 4.78 is 13.1. The fraction of sp³-hybridized carbons (Fsp3) is 0.192. The van der Waals surface area contributed by atoms with Crippen LogP contribution < -0.4 is 25.9 Å². The number of aromatic nitrogens is 2. The molecule has 0 fully saturated rings. The van der Waals surface area contributed by atoms with E-state index in [4.69, 9.17) is 9.47 Å². The van der Waals surface area contributed by atoms with Crippen molar-refractivity contribution in [3.8, 4) is 22.6 Å². The third-order valence-corrected chi connectivity index (χ3v) is 7.65. The van der Waals surface area contributed by atoms with Gasteiger partial charge in [-0.05, 0) is 35.9 Å². The SMILES string of the molecule is COc1cc(OC)cc(-c2ccccc2NC(=O)CC2CSc3cc(Br)cc4[nH]c(=O)c(=O)n2c34)c1. The van der Waals surface area contributed by atoms with Crippen LogP contribution in [-0.4, -0.2) is 35.4 Å². The highest BCUT2D eigenvalue weighted by Gasteiger charge is 2.27. The quantitative estimate of drug-likeness (QED) is 0.324.